The molecule has 7 nitrogen and oxygen atoms in total. The van der Waals surface area contributed by atoms with Crippen molar-refractivity contribution in [2.24, 2.45) is 0 Å². The van der Waals surface area contributed by atoms with Gasteiger partial charge in [-0.25, -0.2) is 8.42 Å². The van der Waals surface area contributed by atoms with Crippen LogP contribution < -0.4 is 10.1 Å². The normalized spacial score (nSPS) is 17.7. The van der Waals surface area contributed by atoms with Gasteiger partial charge >= 0.3 is 0 Å². The molecule has 2 rings (SSSR count). The number of carbonyl (C=O) groups excluding carboxylic acids is 1. The van der Waals surface area contributed by atoms with Crippen molar-refractivity contribution in [2.45, 2.75) is 37.6 Å². The van der Waals surface area contributed by atoms with E-state index in [2.05, 4.69) is 12.2 Å². The minimum Gasteiger partial charge on any atom is -0.497 e. The zero-order valence-electron chi connectivity index (χ0n) is 15.8. The summed E-state index contributed by atoms with van der Waals surface area (Å²) in [5.41, 5.74) is 0. The fourth-order valence-electron chi connectivity index (χ4n) is 3.05. The Bertz CT molecular complexity index is 683. The second-order valence-electron chi connectivity index (χ2n) is 6.61. The molecule has 0 unspecified atom stereocenters. The number of rotatable bonds is 8. The van der Waals surface area contributed by atoms with E-state index in [-0.39, 0.29) is 16.8 Å². The van der Waals surface area contributed by atoms with Gasteiger partial charge in [-0.2, -0.15) is 4.31 Å². The lowest BCUT2D eigenvalue weighted by Crippen LogP contribution is -2.51. The summed E-state index contributed by atoms with van der Waals surface area (Å²) in [5, 5.41) is 2.98. The third-order valence-electron chi connectivity index (χ3n) is 4.52. The SMILES string of the molecule is CCC[C@H](C)NC(=O)CN1CCN(S(=O)(=O)c2ccc(OC)cc2)CC1. The molecule has 0 aliphatic carbocycles. The van der Waals surface area contributed by atoms with Crippen LogP contribution in [0.15, 0.2) is 29.2 Å². The number of benzene rings is 1. The maximum atomic E-state index is 12.7. The van der Waals surface area contributed by atoms with E-state index in [9.17, 15) is 13.2 Å². The number of ether oxygens (including phenoxy) is 1. The average molecular weight is 384 g/mol. The molecule has 1 saturated heterocycles. The molecule has 26 heavy (non-hydrogen) atoms. The number of piperazine rings is 1. The molecule has 1 N–H and O–H groups in total. The first-order valence-electron chi connectivity index (χ1n) is 9.02. The van der Waals surface area contributed by atoms with E-state index >= 15 is 0 Å². The van der Waals surface area contributed by atoms with E-state index < -0.39 is 10.0 Å². The molecular weight excluding hydrogens is 354 g/mol. The van der Waals surface area contributed by atoms with E-state index in [4.69, 9.17) is 4.74 Å². The molecule has 1 aliphatic heterocycles. The number of hydrogen-bond acceptors (Lipinski definition) is 5. The Morgan fingerprint density at radius 1 is 1.19 bits per heavy atom. The summed E-state index contributed by atoms with van der Waals surface area (Å²) < 4.78 is 32.0. The number of sulfonamides is 1. The van der Waals surface area contributed by atoms with Crippen LogP contribution >= 0.6 is 0 Å². The molecule has 0 bridgehead atoms. The van der Waals surface area contributed by atoms with Gasteiger partial charge in [0.1, 0.15) is 5.75 Å². The summed E-state index contributed by atoms with van der Waals surface area (Å²) in [5.74, 6) is 0.620. The summed E-state index contributed by atoms with van der Waals surface area (Å²) in [7, 11) is -1.97. The van der Waals surface area contributed by atoms with Crippen LogP contribution in [0.1, 0.15) is 26.7 Å². The number of hydrogen-bond donors (Lipinski definition) is 1. The van der Waals surface area contributed by atoms with E-state index in [1.807, 2.05) is 11.8 Å². The number of methoxy groups -OCH3 is 1. The van der Waals surface area contributed by atoms with Gasteiger partial charge in [0.2, 0.25) is 15.9 Å². The molecule has 8 heteroatoms. The van der Waals surface area contributed by atoms with Crippen molar-refractivity contribution in [1.82, 2.24) is 14.5 Å². The molecule has 1 amide bonds. The monoisotopic (exact) mass is 383 g/mol. The fraction of sp³-hybridized carbons (Fsp3) is 0.611. The minimum absolute atomic E-state index is 0.00240. The molecule has 146 valence electrons. The molecule has 1 atom stereocenters. The van der Waals surface area contributed by atoms with Crippen molar-refractivity contribution < 1.29 is 17.9 Å². The van der Waals surface area contributed by atoms with Crippen LogP contribution in [0, 0.1) is 0 Å². The molecule has 0 spiro atoms. The fourth-order valence-corrected chi connectivity index (χ4v) is 4.48. The summed E-state index contributed by atoms with van der Waals surface area (Å²) in [6.45, 7) is 6.25. The maximum Gasteiger partial charge on any atom is 0.243 e. The van der Waals surface area contributed by atoms with Crippen molar-refractivity contribution in [2.75, 3.05) is 39.8 Å². The molecule has 1 aromatic carbocycles. The summed E-state index contributed by atoms with van der Waals surface area (Å²) in [4.78, 5) is 14.3. The zero-order valence-corrected chi connectivity index (χ0v) is 16.6. The predicted octanol–water partition coefficient (Wildman–Crippen LogP) is 1.31. The molecule has 1 fully saturated rings. The second kappa shape index (κ2) is 9.34. The third kappa shape index (κ3) is 5.43. The van der Waals surface area contributed by atoms with Crippen LogP contribution in [0.25, 0.3) is 0 Å². The van der Waals surface area contributed by atoms with E-state index in [0.29, 0.717) is 38.5 Å². The van der Waals surface area contributed by atoms with Gasteiger partial charge in [-0.1, -0.05) is 13.3 Å². The van der Waals surface area contributed by atoms with Gasteiger partial charge in [-0.3, -0.25) is 9.69 Å². The highest BCUT2D eigenvalue weighted by Crippen LogP contribution is 2.20. The largest absolute Gasteiger partial charge is 0.497 e. The standard InChI is InChI=1S/C18H29N3O4S/c1-4-5-15(2)19-18(22)14-20-10-12-21(13-11-20)26(23,24)17-8-6-16(25-3)7-9-17/h6-9,15H,4-5,10-14H2,1-3H3,(H,19,22)/t15-/m0/s1. The Labute approximate surface area is 156 Å². The van der Waals surface area contributed by atoms with Gasteiger partial charge in [0.05, 0.1) is 18.6 Å². The first kappa shape index (κ1) is 20.7. The van der Waals surface area contributed by atoms with E-state index in [0.717, 1.165) is 12.8 Å². The van der Waals surface area contributed by atoms with Crippen LogP contribution in [-0.2, 0) is 14.8 Å². The average Bonchev–Trinajstić information content (AvgIpc) is 2.62. The molecule has 0 aromatic heterocycles. The van der Waals surface area contributed by atoms with Gasteiger partial charge < -0.3 is 10.1 Å². The molecular formula is C18H29N3O4S. The molecule has 1 aliphatic rings. The minimum atomic E-state index is -3.51. The highest BCUT2D eigenvalue weighted by Gasteiger charge is 2.29. The summed E-state index contributed by atoms with van der Waals surface area (Å²) in [6, 6.07) is 6.58. The Kier molecular flexibility index (Phi) is 7.43. The smallest absolute Gasteiger partial charge is 0.243 e. The Morgan fingerprint density at radius 2 is 1.81 bits per heavy atom. The molecule has 1 heterocycles. The Morgan fingerprint density at radius 3 is 2.35 bits per heavy atom. The van der Waals surface area contributed by atoms with Crippen LogP contribution in [0.4, 0.5) is 0 Å². The quantitative estimate of drug-likeness (QED) is 0.732. The van der Waals surface area contributed by atoms with Crippen LogP contribution in [0.3, 0.4) is 0 Å². The number of amides is 1. The lowest BCUT2D eigenvalue weighted by Gasteiger charge is -2.33. The summed E-state index contributed by atoms with van der Waals surface area (Å²) in [6.07, 6.45) is 1.99. The number of nitrogens with one attached hydrogen (secondary N) is 1. The zero-order chi connectivity index (χ0) is 19.2. The van der Waals surface area contributed by atoms with Gasteiger partial charge in [-0.15, -0.1) is 0 Å². The Hall–Kier alpha value is -1.64. The number of carbonyl (C=O) groups is 1. The van der Waals surface area contributed by atoms with Crippen LogP contribution in [0.2, 0.25) is 0 Å². The van der Waals surface area contributed by atoms with Crippen molar-refractivity contribution in [3.05, 3.63) is 24.3 Å². The first-order valence-corrected chi connectivity index (χ1v) is 10.5. The Balaban J connectivity index is 1.87. The second-order valence-corrected chi connectivity index (χ2v) is 8.55. The van der Waals surface area contributed by atoms with Gasteiger partial charge in [0.25, 0.3) is 0 Å². The lowest BCUT2D eigenvalue weighted by atomic mass is 10.2. The van der Waals surface area contributed by atoms with E-state index in [1.54, 1.807) is 31.4 Å². The number of nitrogens with zero attached hydrogens (tertiary/aromatic N) is 2. The van der Waals surface area contributed by atoms with Gasteiger partial charge in [0, 0.05) is 32.2 Å². The van der Waals surface area contributed by atoms with E-state index in [1.165, 1.54) is 4.31 Å². The van der Waals surface area contributed by atoms with Crippen molar-refractivity contribution in [1.29, 1.82) is 0 Å². The highest BCUT2D eigenvalue weighted by atomic mass is 32.2. The highest BCUT2D eigenvalue weighted by molar-refractivity contribution is 7.89. The predicted molar refractivity (Wildman–Crippen MR) is 101 cm³/mol. The van der Waals surface area contributed by atoms with Gasteiger partial charge in [-0.05, 0) is 37.6 Å². The van der Waals surface area contributed by atoms with Gasteiger partial charge in [0.15, 0.2) is 0 Å². The van der Waals surface area contributed by atoms with Crippen LogP contribution in [-0.4, -0.2) is 69.4 Å². The summed E-state index contributed by atoms with van der Waals surface area (Å²) >= 11 is 0. The van der Waals surface area contributed by atoms with Crippen LogP contribution in [0.5, 0.6) is 5.75 Å². The molecule has 0 radical (unpaired) electrons. The maximum absolute atomic E-state index is 12.7. The third-order valence-corrected chi connectivity index (χ3v) is 6.44. The van der Waals surface area contributed by atoms with Crippen molar-refractivity contribution in [3.8, 4) is 5.75 Å². The molecule has 1 aromatic rings. The lowest BCUT2D eigenvalue weighted by molar-refractivity contribution is -0.123. The van der Waals surface area contributed by atoms with Crippen molar-refractivity contribution in [3.63, 3.8) is 0 Å². The topological polar surface area (TPSA) is 79.0 Å². The first-order chi connectivity index (χ1) is 12.4. The van der Waals surface area contributed by atoms with Crippen molar-refractivity contribution >= 4 is 15.9 Å². The molecule has 0 saturated carbocycles.